The summed E-state index contributed by atoms with van der Waals surface area (Å²) in [5.41, 5.74) is 5.10. The van der Waals surface area contributed by atoms with Crippen molar-refractivity contribution in [3.05, 3.63) is 70.0 Å². The van der Waals surface area contributed by atoms with E-state index in [1.165, 1.54) is 47.7 Å². The Bertz CT molecular complexity index is 936. The Morgan fingerprint density at radius 2 is 2.04 bits per heavy atom. The fourth-order valence-electron chi connectivity index (χ4n) is 3.11. The van der Waals surface area contributed by atoms with Gasteiger partial charge in [-0.15, -0.1) is 11.3 Å². The number of hydrogen-bond acceptors (Lipinski definition) is 4. The molecule has 1 aromatic carbocycles. The normalized spacial score (nSPS) is 13.3. The minimum atomic E-state index is -0.337. The number of hydrogen-bond donors (Lipinski definition) is 1. The van der Waals surface area contributed by atoms with Gasteiger partial charge in [0.2, 0.25) is 0 Å². The van der Waals surface area contributed by atoms with Crippen LogP contribution in [0.5, 0.6) is 0 Å². The summed E-state index contributed by atoms with van der Waals surface area (Å²) in [6.07, 6.45) is 7.38. The number of nitrogens with one attached hydrogen (secondary N) is 1. The molecule has 0 bridgehead atoms. The molecule has 0 unspecified atom stereocenters. The predicted octanol–water partition coefficient (Wildman–Crippen LogP) is 3.57. The highest BCUT2D eigenvalue weighted by Crippen LogP contribution is 2.29. The van der Waals surface area contributed by atoms with E-state index in [2.05, 4.69) is 28.5 Å². The van der Waals surface area contributed by atoms with Crippen molar-refractivity contribution < 1.29 is 9.52 Å². The number of nitrogens with zero attached hydrogens (tertiary/aromatic N) is 2. The Balaban J connectivity index is 1.53. The van der Waals surface area contributed by atoms with Gasteiger partial charge in [-0.1, -0.05) is 12.1 Å². The van der Waals surface area contributed by atoms with Crippen molar-refractivity contribution in [1.82, 2.24) is 4.98 Å². The second kappa shape index (κ2) is 6.64. The maximum Gasteiger partial charge on any atom is 0.263 e. The third kappa shape index (κ3) is 3.39. The molecule has 1 N–H and O–H groups in total. The number of anilines is 1. The lowest BCUT2D eigenvalue weighted by Crippen LogP contribution is -2.27. The van der Waals surface area contributed by atoms with Crippen molar-refractivity contribution in [2.24, 2.45) is 0 Å². The van der Waals surface area contributed by atoms with Gasteiger partial charge < -0.3 is 5.21 Å². The Morgan fingerprint density at radius 1 is 1.20 bits per heavy atom. The molecule has 0 fully saturated rings. The minimum absolute atomic E-state index is 0.308. The molecule has 4 rings (SSSR count). The number of pyridine rings is 1. The number of carbonyl (C=O) groups excluding carboxylic acids is 1. The first-order valence-electron chi connectivity index (χ1n) is 8.27. The number of fused-ring (bicyclic) bond motifs is 1. The minimum Gasteiger partial charge on any atom is -0.619 e. The standard InChI is InChI=1S/C19H17N3O2S/c23-18(16-6-3-9-22(24)11-16)21-19-20-17(12-25-19)15-8-7-13-4-1-2-5-14(13)10-15/h3,6-12H,1-2,4-5H2,(H,20,21,23). The lowest BCUT2D eigenvalue weighted by atomic mass is 9.90. The fraction of sp³-hybridized carbons (Fsp3) is 0.211. The van der Waals surface area contributed by atoms with Crippen LogP contribution in [0.2, 0.25) is 0 Å². The molecule has 0 aliphatic heterocycles. The van der Waals surface area contributed by atoms with E-state index in [9.17, 15) is 10.0 Å². The van der Waals surface area contributed by atoms with Crippen LogP contribution in [0.1, 0.15) is 34.3 Å². The van der Waals surface area contributed by atoms with Crippen LogP contribution >= 0.6 is 11.3 Å². The van der Waals surface area contributed by atoms with Crippen LogP contribution in [0.25, 0.3) is 11.3 Å². The number of benzene rings is 1. The molecule has 25 heavy (non-hydrogen) atoms. The average molecular weight is 351 g/mol. The molecule has 2 aromatic heterocycles. The largest absolute Gasteiger partial charge is 0.619 e. The second-order valence-corrected chi connectivity index (χ2v) is 6.99. The first-order chi connectivity index (χ1) is 12.2. The lowest BCUT2D eigenvalue weighted by molar-refractivity contribution is -0.605. The number of aryl methyl sites for hydroxylation is 2. The van der Waals surface area contributed by atoms with Crippen LogP contribution in [0.15, 0.2) is 48.1 Å². The predicted molar refractivity (Wildman–Crippen MR) is 97.5 cm³/mol. The van der Waals surface area contributed by atoms with Gasteiger partial charge in [0.15, 0.2) is 17.5 Å². The zero-order valence-corrected chi connectivity index (χ0v) is 14.4. The summed E-state index contributed by atoms with van der Waals surface area (Å²) in [6, 6.07) is 9.65. The van der Waals surface area contributed by atoms with Crippen LogP contribution in [-0.2, 0) is 12.8 Å². The summed E-state index contributed by atoms with van der Waals surface area (Å²) in [7, 11) is 0. The van der Waals surface area contributed by atoms with Crippen molar-refractivity contribution in [1.29, 1.82) is 0 Å². The van der Waals surface area contributed by atoms with Crippen LogP contribution in [0, 0.1) is 5.21 Å². The quantitative estimate of drug-likeness (QED) is 0.579. The van der Waals surface area contributed by atoms with Crippen molar-refractivity contribution in [3.63, 3.8) is 0 Å². The van der Waals surface area contributed by atoms with Crippen LogP contribution in [-0.4, -0.2) is 10.9 Å². The SMILES string of the molecule is O=C(Nc1nc(-c2ccc3c(c2)CCCC3)cs1)c1ccc[n+]([O-])c1. The molecule has 0 saturated heterocycles. The average Bonchev–Trinajstić information content (AvgIpc) is 3.10. The summed E-state index contributed by atoms with van der Waals surface area (Å²) in [6.45, 7) is 0. The van der Waals surface area contributed by atoms with Gasteiger partial charge in [-0.2, -0.15) is 4.73 Å². The molecule has 1 aliphatic carbocycles. The van der Waals surface area contributed by atoms with Crippen molar-refractivity contribution in [2.75, 3.05) is 5.32 Å². The number of rotatable bonds is 3. The highest BCUT2D eigenvalue weighted by Gasteiger charge is 2.14. The maximum absolute atomic E-state index is 12.2. The van der Waals surface area contributed by atoms with Crippen LogP contribution in [0.3, 0.4) is 0 Å². The Labute approximate surface area is 149 Å². The lowest BCUT2D eigenvalue weighted by Gasteiger charge is -2.16. The van der Waals surface area contributed by atoms with E-state index in [0.29, 0.717) is 15.4 Å². The second-order valence-electron chi connectivity index (χ2n) is 6.14. The molecule has 3 aromatic rings. The van der Waals surface area contributed by atoms with E-state index < -0.39 is 0 Å². The molecule has 1 aliphatic rings. The molecule has 5 nitrogen and oxygen atoms in total. The topological polar surface area (TPSA) is 68.9 Å². The molecule has 0 atom stereocenters. The molecular formula is C19H17N3O2S. The molecular weight excluding hydrogens is 334 g/mol. The van der Waals surface area contributed by atoms with Gasteiger partial charge in [-0.25, -0.2) is 4.98 Å². The van der Waals surface area contributed by atoms with Gasteiger partial charge in [0.1, 0.15) is 5.56 Å². The number of aromatic nitrogens is 2. The van der Waals surface area contributed by atoms with Crippen LogP contribution in [0.4, 0.5) is 5.13 Å². The van der Waals surface area contributed by atoms with Crippen LogP contribution < -0.4 is 10.0 Å². The van der Waals surface area contributed by atoms with Crippen molar-refractivity contribution in [3.8, 4) is 11.3 Å². The third-order valence-electron chi connectivity index (χ3n) is 4.41. The van der Waals surface area contributed by atoms with E-state index in [0.717, 1.165) is 24.1 Å². The first kappa shape index (κ1) is 15.8. The van der Waals surface area contributed by atoms with E-state index in [-0.39, 0.29) is 5.91 Å². The number of carbonyl (C=O) groups is 1. The third-order valence-corrected chi connectivity index (χ3v) is 5.16. The molecule has 2 heterocycles. The van der Waals surface area contributed by atoms with Crippen molar-refractivity contribution in [2.45, 2.75) is 25.7 Å². The maximum atomic E-state index is 12.2. The first-order valence-corrected chi connectivity index (χ1v) is 9.15. The van der Waals surface area contributed by atoms with E-state index in [4.69, 9.17) is 0 Å². The van der Waals surface area contributed by atoms with Gasteiger partial charge in [0, 0.05) is 17.0 Å². The Morgan fingerprint density at radius 3 is 2.88 bits per heavy atom. The van der Waals surface area contributed by atoms with E-state index in [1.54, 1.807) is 12.1 Å². The summed E-state index contributed by atoms with van der Waals surface area (Å²) in [5, 5.41) is 16.5. The number of amides is 1. The summed E-state index contributed by atoms with van der Waals surface area (Å²) < 4.78 is 0.606. The zero-order valence-electron chi connectivity index (χ0n) is 13.6. The van der Waals surface area contributed by atoms with Gasteiger partial charge in [-0.05, 0) is 48.9 Å². The molecule has 0 saturated carbocycles. The van der Waals surface area contributed by atoms with Gasteiger partial charge in [-0.3, -0.25) is 10.1 Å². The fourth-order valence-corrected chi connectivity index (χ4v) is 3.83. The van der Waals surface area contributed by atoms with E-state index >= 15 is 0 Å². The molecule has 0 radical (unpaired) electrons. The van der Waals surface area contributed by atoms with Gasteiger partial charge in [0.25, 0.3) is 5.91 Å². The Hall–Kier alpha value is -2.73. The van der Waals surface area contributed by atoms with Gasteiger partial charge in [0.05, 0.1) is 5.69 Å². The molecule has 126 valence electrons. The number of thiazole rings is 1. The Kier molecular flexibility index (Phi) is 4.19. The van der Waals surface area contributed by atoms with Crippen molar-refractivity contribution >= 4 is 22.4 Å². The van der Waals surface area contributed by atoms with Gasteiger partial charge >= 0.3 is 0 Å². The molecule has 0 spiro atoms. The molecule has 6 heteroatoms. The summed E-state index contributed by atoms with van der Waals surface area (Å²) >= 11 is 1.38. The molecule has 1 amide bonds. The van der Waals surface area contributed by atoms with E-state index in [1.807, 2.05) is 5.38 Å². The summed E-state index contributed by atoms with van der Waals surface area (Å²) in [4.78, 5) is 16.7. The smallest absolute Gasteiger partial charge is 0.263 e. The highest BCUT2D eigenvalue weighted by atomic mass is 32.1. The summed E-state index contributed by atoms with van der Waals surface area (Å²) in [5.74, 6) is -0.337. The highest BCUT2D eigenvalue weighted by molar-refractivity contribution is 7.14. The zero-order chi connectivity index (χ0) is 17.2. The monoisotopic (exact) mass is 351 g/mol.